The van der Waals surface area contributed by atoms with Crippen molar-refractivity contribution >= 4 is 40.6 Å². The van der Waals surface area contributed by atoms with Crippen molar-refractivity contribution in [3.63, 3.8) is 0 Å². The van der Waals surface area contributed by atoms with Crippen molar-refractivity contribution < 1.29 is 27.5 Å². The second-order valence-corrected chi connectivity index (χ2v) is 7.56. The van der Waals surface area contributed by atoms with Crippen LogP contribution in [0.2, 0.25) is 0 Å². The molecule has 0 unspecified atom stereocenters. The van der Waals surface area contributed by atoms with Crippen LogP contribution in [-0.2, 0) is 15.7 Å². The number of nitrogens with zero attached hydrogens (tertiary/aromatic N) is 3. The van der Waals surface area contributed by atoms with Gasteiger partial charge in [0.15, 0.2) is 5.11 Å². The number of carbonyl (C=O) groups is 2. The average Bonchev–Trinajstić information content (AvgIpc) is 2.90. The molecule has 10 heteroatoms. The van der Waals surface area contributed by atoms with Gasteiger partial charge in [0.1, 0.15) is 5.54 Å². The van der Waals surface area contributed by atoms with E-state index in [-0.39, 0.29) is 10.8 Å². The third-order valence-electron chi connectivity index (χ3n) is 4.90. The maximum Gasteiger partial charge on any atom is 0.417 e. The molecular formula is C21H16F3N3O3S. The van der Waals surface area contributed by atoms with E-state index in [1.807, 2.05) is 0 Å². The zero-order chi connectivity index (χ0) is 23.1. The molecule has 31 heavy (non-hydrogen) atoms. The number of methoxy groups -OCH3 is 1. The van der Waals surface area contributed by atoms with Crippen molar-refractivity contribution in [1.82, 2.24) is 0 Å². The molecule has 3 rings (SSSR count). The number of halogens is 3. The van der Waals surface area contributed by atoms with E-state index < -0.39 is 34.7 Å². The topological polar surface area (TPSA) is 73.6 Å². The van der Waals surface area contributed by atoms with E-state index in [0.717, 1.165) is 17.0 Å². The Morgan fingerprint density at radius 2 is 1.71 bits per heavy atom. The summed E-state index contributed by atoms with van der Waals surface area (Å²) in [5, 5.41) is 8.97. The smallest absolute Gasteiger partial charge is 0.417 e. The molecule has 0 N–H and O–H groups in total. The predicted molar refractivity (Wildman–Crippen MR) is 111 cm³/mol. The number of carbonyl (C=O) groups excluding carboxylic acids is 2. The van der Waals surface area contributed by atoms with Crippen LogP contribution in [0.3, 0.4) is 0 Å². The van der Waals surface area contributed by atoms with E-state index >= 15 is 0 Å². The summed E-state index contributed by atoms with van der Waals surface area (Å²) in [6.45, 7) is 3.17. The van der Waals surface area contributed by atoms with Crippen LogP contribution in [0.1, 0.15) is 35.3 Å². The molecule has 6 nitrogen and oxygen atoms in total. The van der Waals surface area contributed by atoms with Crippen LogP contribution in [0.15, 0.2) is 42.5 Å². The summed E-state index contributed by atoms with van der Waals surface area (Å²) in [7, 11) is 1.25. The van der Waals surface area contributed by atoms with E-state index in [2.05, 4.69) is 4.74 Å². The van der Waals surface area contributed by atoms with Gasteiger partial charge in [0.05, 0.1) is 35.6 Å². The quantitative estimate of drug-likeness (QED) is 0.517. The Balaban J connectivity index is 2.06. The first-order chi connectivity index (χ1) is 14.4. The second-order valence-electron chi connectivity index (χ2n) is 7.20. The zero-order valence-electron chi connectivity index (χ0n) is 16.6. The van der Waals surface area contributed by atoms with Crippen LogP contribution < -0.4 is 9.80 Å². The maximum absolute atomic E-state index is 13.4. The number of anilines is 2. The number of nitriles is 1. The zero-order valence-corrected chi connectivity index (χ0v) is 17.5. The molecule has 1 heterocycles. The standard InChI is InChI=1S/C21H16F3N3O3S/c1-20(2)18(29)26(15-9-6-13(11-25)16(10-15)21(22,23)24)19(31)27(20)14-7-4-12(5-8-14)17(28)30-3/h4-10H,1-3H3. The van der Waals surface area contributed by atoms with Crippen LogP contribution in [0.5, 0.6) is 0 Å². The first kappa shape index (κ1) is 22.2. The molecular weight excluding hydrogens is 431 g/mol. The molecule has 0 bridgehead atoms. The molecule has 160 valence electrons. The number of esters is 1. The SMILES string of the molecule is COC(=O)c1ccc(N2C(=S)N(c3ccc(C#N)c(C(F)(F)F)c3)C(=O)C2(C)C)cc1. The van der Waals surface area contributed by atoms with Gasteiger partial charge in [0.25, 0.3) is 5.91 Å². The molecule has 1 saturated heterocycles. The Morgan fingerprint density at radius 3 is 2.23 bits per heavy atom. The third kappa shape index (κ3) is 3.72. The van der Waals surface area contributed by atoms with Gasteiger partial charge in [0.2, 0.25) is 0 Å². The van der Waals surface area contributed by atoms with Crippen molar-refractivity contribution in [2.75, 3.05) is 16.9 Å². The van der Waals surface area contributed by atoms with E-state index in [1.165, 1.54) is 36.3 Å². The van der Waals surface area contributed by atoms with E-state index in [4.69, 9.17) is 17.5 Å². The van der Waals surface area contributed by atoms with Crippen molar-refractivity contribution in [3.8, 4) is 6.07 Å². The molecule has 0 saturated carbocycles. The molecule has 2 aromatic carbocycles. The summed E-state index contributed by atoms with van der Waals surface area (Å²) in [5.41, 5.74) is -2.24. The number of thiocarbonyl (C=S) groups is 1. The number of alkyl halides is 3. The Kier molecular flexibility index (Phi) is 5.50. The minimum atomic E-state index is -4.77. The summed E-state index contributed by atoms with van der Waals surface area (Å²) in [5.74, 6) is -1.07. The van der Waals surface area contributed by atoms with Crippen LogP contribution in [0.25, 0.3) is 0 Å². The molecule has 0 atom stereocenters. The third-order valence-corrected chi connectivity index (χ3v) is 5.27. The highest BCUT2D eigenvalue weighted by molar-refractivity contribution is 7.81. The Labute approximate surface area is 181 Å². The van der Waals surface area contributed by atoms with Crippen molar-refractivity contribution in [2.45, 2.75) is 25.6 Å². The molecule has 1 aliphatic rings. The van der Waals surface area contributed by atoms with Gasteiger partial charge in [-0.1, -0.05) is 0 Å². The highest BCUT2D eigenvalue weighted by atomic mass is 32.1. The molecule has 0 aliphatic carbocycles. The summed E-state index contributed by atoms with van der Waals surface area (Å²) < 4.78 is 44.8. The Bertz CT molecular complexity index is 1120. The molecule has 1 aliphatic heterocycles. The van der Waals surface area contributed by atoms with Crippen LogP contribution in [0, 0.1) is 11.3 Å². The minimum absolute atomic E-state index is 0.0290. The monoisotopic (exact) mass is 447 g/mol. The number of benzene rings is 2. The van der Waals surface area contributed by atoms with Gasteiger partial charge >= 0.3 is 12.1 Å². The summed E-state index contributed by atoms with van der Waals surface area (Å²) in [6, 6.07) is 10.6. The first-order valence-corrected chi connectivity index (χ1v) is 9.32. The number of rotatable bonds is 3. The summed E-state index contributed by atoms with van der Waals surface area (Å²) in [4.78, 5) is 27.3. The fourth-order valence-corrected chi connectivity index (χ4v) is 3.85. The lowest BCUT2D eigenvalue weighted by Gasteiger charge is -2.29. The van der Waals surface area contributed by atoms with Crippen LogP contribution in [0.4, 0.5) is 24.5 Å². The van der Waals surface area contributed by atoms with Gasteiger partial charge < -0.3 is 9.64 Å². The van der Waals surface area contributed by atoms with E-state index in [0.29, 0.717) is 11.3 Å². The lowest BCUT2D eigenvalue weighted by molar-refractivity contribution is -0.137. The van der Waals surface area contributed by atoms with Gasteiger partial charge in [-0.2, -0.15) is 18.4 Å². The highest BCUT2D eigenvalue weighted by Gasteiger charge is 2.50. The number of amides is 1. The van der Waals surface area contributed by atoms with Crippen LogP contribution in [-0.4, -0.2) is 29.6 Å². The maximum atomic E-state index is 13.4. The normalized spacial score (nSPS) is 15.8. The summed E-state index contributed by atoms with van der Waals surface area (Å²) >= 11 is 5.45. The largest absolute Gasteiger partial charge is 0.465 e. The number of hydrogen-bond donors (Lipinski definition) is 0. The van der Waals surface area contributed by atoms with Crippen LogP contribution >= 0.6 is 12.2 Å². The fourth-order valence-electron chi connectivity index (χ4n) is 3.32. The van der Waals surface area contributed by atoms with Gasteiger partial charge in [-0.05, 0) is 68.5 Å². The molecule has 1 fully saturated rings. The number of ether oxygens (including phenoxy) is 1. The fraction of sp³-hybridized carbons (Fsp3) is 0.238. The minimum Gasteiger partial charge on any atom is -0.465 e. The van der Waals surface area contributed by atoms with Gasteiger partial charge in [-0.25, -0.2) is 4.79 Å². The molecule has 2 aromatic rings. The number of hydrogen-bond acceptors (Lipinski definition) is 5. The lowest BCUT2D eigenvalue weighted by Crippen LogP contribution is -2.44. The molecule has 0 aromatic heterocycles. The van der Waals surface area contributed by atoms with Gasteiger partial charge in [-0.15, -0.1) is 0 Å². The average molecular weight is 447 g/mol. The van der Waals surface area contributed by atoms with Crippen molar-refractivity contribution in [2.24, 2.45) is 0 Å². The summed E-state index contributed by atoms with van der Waals surface area (Å²) in [6.07, 6.45) is -4.77. The molecule has 0 radical (unpaired) electrons. The molecule has 0 spiro atoms. The molecule has 1 amide bonds. The first-order valence-electron chi connectivity index (χ1n) is 8.92. The van der Waals surface area contributed by atoms with Crippen molar-refractivity contribution in [1.29, 1.82) is 5.26 Å². The Morgan fingerprint density at radius 1 is 1.13 bits per heavy atom. The van der Waals surface area contributed by atoms with E-state index in [9.17, 15) is 22.8 Å². The van der Waals surface area contributed by atoms with Crippen molar-refractivity contribution in [3.05, 3.63) is 59.2 Å². The Hall–Kier alpha value is -3.45. The second kappa shape index (κ2) is 7.67. The van der Waals surface area contributed by atoms with E-state index in [1.54, 1.807) is 26.0 Å². The van der Waals surface area contributed by atoms with Gasteiger partial charge in [-0.3, -0.25) is 9.69 Å². The highest BCUT2D eigenvalue weighted by Crippen LogP contribution is 2.39. The lowest BCUT2D eigenvalue weighted by atomic mass is 10.0. The predicted octanol–water partition coefficient (Wildman–Crippen LogP) is 4.28. The van der Waals surface area contributed by atoms with Gasteiger partial charge in [0, 0.05) is 5.69 Å².